The van der Waals surface area contributed by atoms with Gasteiger partial charge in [0, 0.05) is 6.42 Å². The Hall–Kier alpha value is -3.10. The molecule has 0 aliphatic heterocycles. The SMILES string of the molecule is CCC[C@H](NC(=O)CC[C@H](NC(=O)OCc1ccccc1)C(=O)OC(C)(C)C)C(=O)OC(C)(C)C. The first-order valence-corrected chi connectivity index (χ1v) is 11.9. The molecule has 196 valence electrons. The van der Waals surface area contributed by atoms with E-state index in [9.17, 15) is 19.2 Å². The molecule has 35 heavy (non-hydrogen) atoms. The van der Waals surface area contributed by atoms with Crippen molar-refractivity contribution in [2.24, 2.45) is 0 Å². The molecule has 0 bridgehead atoms. The van der Waals surface area contributed by atoms with E-state index in [0.29, 0.717) is 12.8 Å². The summed E-state index contributed by atoms with van der Waals surface area (Å²) in [6, 6.07) is 7.20. The van der Waals surface area contributed by atoms with Gasteiger partial charge in [-0.25, -0.2) is 14.4 Å². The third-order valence-corrected chi connectivity index (χ3v) is 4.46. The van der Waals surface area contributed by atoms with Crippen molar-refractivity contribution in [2.45, 2.75) is 104 Å². The fourth-order valence-electron chi connectivity index (χ4n) is 2.98. The minimum atomic E-state index is -1.10. The Balaban J connectivity index is 2.76. The van der Waals surface area contributed by atoms with Crippen LogP contribution in [-0.4, -0.2) is 47.2 Å². The van der Waals surface area contributed by atoms with Crippen molar-refractivity contribution in [1.82, 2.24) is 10.6 Å². The predicted octanol–water partition coefficient (Wildman–Crippen LogP) is 4.03. The maximum atomic E-state index is 12.7. The molecule has 9 heteroatoms. The van der Waals surface area contributed by atoms with Crippen LogP contribution < -0.4 is 10.6 Å². The number of carbonyl (C=O) groups excluding carboxylic acids is 4. The number of amides is 2. The normalized spacial score (nSPS) is 13.2. The minimum Gasteiger partial charge on any atom is -0.458 e. The molecule has 0 spiro atoms. The second kappa shape index (κ2) is 13.7. The fourth-order valence-corrected chi connectivity index (χ4v) is 2.98. The number of nitrogens with one attached hydrogen (secondary N) is 2. The second-order valence-corrected chi connectivity index (χ2v) is 10.3. The first-order valence-electron chi connectivity index (χ1n) is 11.9. The number of ether oxygens (including phenoxy) is 3. The summed E-state index contributed by atoms with van der Waals surface area (Å²) in [6.07, 6.45) is 0.128. The number of alkyl carbamates (subject to hydrolysis) is 1. The Bertz CT molecular complexity index is 841. The molecule has 1 rings (SSSR count). The highest BCUT2D eigenvalue weighted by atomic mass is 16.6. The van der Waals surface area contributed by atoms with Crippen molar-refractivity contribution >= 4 is 23.9 Å². The molecule has 0 radical (unpaired) electrons. The number of esters is 2. The van der Waals surface area contributed by atoms with Crippen molar-refractivity contribution in [2.75, 3.05) is 0 Å². The molecule has 2 N–H and O–H groups in total. The van der Waals surface area contributed by atoms with E-state index in [2.05, 4.69) is 10.6 Å². The lowest BCUT2D eigenvalue weighted by Crippen LogP contribution is -2.46. The van der Waals surface area contributed by atoms with Crippen LogP contribution in [0.3, 0.4) is 0 Å². The zero-order valence-corrected chi connectivity index (χ0v) is 21.9. The summed E-state index contributed by atoms with van der Waals surface area (Å²) in [7, 11) is 0. The summed E-state index contributed by atoms with van der Waals surface area (Å²) in [4.78, 5) is 50.0. The predicted molar refractivity (Wildman–Crippen MR) is 131 cm³/mol. The summed E-state index contributed by atoms with van der Waals surface area (Å²) >= 11 is 0. The van der Waals surface area contributed by atoms with E-state index < -0.39 is 47.2 Å². The van der Waals surface area contributed by atoms with Crippen molar-refractivity contribution < 1.29 is 33.4 Å². The highest BCUT2D eigenvalue weighted by molar-refractivity contribution is 5.86. The molecule has 0 unspecified atom stereocenters. The van der Waals surface area contributed by atoms with Crippen LogP contribution in [0.2, 0.25) is 0 Å². The molecular formula is C26H40N2O7. The van der Waals surface area contributed by atoms with Crippen LogP contribution in [0.1, 0.15) is 79.7 Å². The molecule has 2 amide bonds. The maximum absolute atomic E-state index is 12.7. The standard InChI is InChI=1S/C26H40N2O7/c1-8-12-19(22(30)34-25(2,3)4)27-21(29)16-15-20(23(31)35-26(5,6)7)28-24(32)33-17-18-13-10-9-11-14-18/h9-11,13-14,19-20H,8,12,15-17H2,1-7H3,(H,27,29)(H,28,32)/t19-,20-/m0/s1. The third-order valence-electron chi connectivity index (χ3n) is 4.46. The van der Waals surface area contributed by atoms with Gasteiger partial charge < -0.3 is 24.8 Å². The van der Waals surface area contributed by atoms with Gasteiger partial charge in [-0.15, -0.1) is 0 Å². The molecule has 1 aromatic carbocycles. The van der Waals surface area contributed by atoms with Crippen molar-refractivity contribution in [3.63, 3.8) is 0 Å². The van der Waals surface area contributed by atoms with Crippen molar-refractivity contribution in [3.8, 4) is 0 Å². The van der Waals surface area contributed by atoms with Crippen LogP contribution in [0.4, 0.5) is 4.79 Å². The molecule has 0 fully saturated rings. The average molecular weight is 493 g/mol. The Labute approximate surface area is 208 Å². The molecule has 9 nitrogen and oxygen atoms in total. The maximum Gasteiger partial charge on any atom is 0.408 e. The summed E-state index contributed by atoms with van der Waals surface area (Å²) in [5.41, 5.74) is -0.671. The van der Waals surface area contributed by atoms with Crippen LogP contribution in [0.15, 0.2) is 30.3 Å². The Morgan fingerprint density at radius 3 is 1.80 bits per heavy atom. The minimum absolute atomic E-state index is 0.0305. The van der Waals surface area contributed by atoms with Gasteiger partial charge in [0.2, 0.25) is 5.91 Å². The summed E-state index contributed by atoms with van der Waals surface area (Å²) < 4.78 is 16.0. The van der Waals surface area contributed by atoms with Crippen molar-refractivity contribution in [1.29, 1.82) is 0 Å². The molecular weight excluding hydrogens is 452 g/mol. The average Bonchev–Trinajstić information content (AvgIpc) is 2.73. The largest absolute Gasteiger partial charge is 0.458 e. The first-order chi connectivity index (χ1) is 16.2. The number of hydrogen-bond acceptors (Lipinski definition) is 7. The number of rotatable bonds is 11. The first kappa shape index (κ1) is 29.9. The van der Waals surface area contributed by atoms with Crippen LogP contribution in [0, 0.1) is 0 Å². The monoisotopic (exact) mass is 492 g/mol. The van der Waals surface area contributed by atoms with Gasteiger partial charge in [0.05, 0.1) is 0 Å². The van der Waals surface area contributed by atoms with Crippen LogP contribution in [0.25, 0.3) is 0 Å². The van der Waals surface area contributed by atoms with Gasteiger partial charge in [-0.1, -0.05) is 43.7 Å². The van der Waals surface area contributed by atoms with Crippen molar-refractivity contribution in [3.05, 3.63) is 35.9 Å². The van der Waals surface area contributed by atoms with Gasteiger partial charge in [0.1, 0.15) is 29.9 Å². The topological polar surface area (TPSA) is 120 Å². The highest BCUT2D eigenvalue weighted by Crippen LogP contribution is 2.13. The number of carbonyl (C=O) groups is 4. The fraction of sp³-hybridized carbons (Fsp3) is 0.615. The van der Waals surface area contributed by atoms with E-state index in [1.54, 1.807) is 53.7 Å². The molecule has 0 aliphatic rings. The zero-order chi connectivity index (χ0) is 26.6. The van der Waals surface area contributed by atoms with E-state index in [4.69, 9.17) is 14.2 Å². The molecule has 0 aliphatic carbocycles. The Kier molecular flexibility index (Phi) is 11.7. The quantitative estimate of drug-likeness (QED) is 0.353. The molecule has 0 saturated heterocycles. The van der Waals surface area contributed by atoms with E-state index in [1.165, 1.54) is 0 Å². The van der Waals surface area contributed by atoms with Crippen LogP contribution >= 0.6 is 0 Å². The van der Waals surface area contributed by atoms with Gasteiger partial charge in [-0.05, 0) is 59.9 Å². The molecule has 0 saturated carbocycles. The summed E-state index contributed by atoms with van der Waals surface area (Å²) in [5, 5.41) is 5.16. The third kappa shape index (κ3) is 13.4. The van der Waals surface area contributed by atoms with E-state index in [-0.39, 0.29) is 19.4 Å². The zero-order valence-electron chi connectivity index (χ0n) is 21.9. The van der Waals surface area contributed by atoms with Crippen LogP contribution in [-0.2, 0) is 35.2 Å². The number of benzene rings is 1. The second-order valence-electron chi connectivity index (χ2n) is 10.3. The number of hydrogen-bond donors (Lipinski definition) is 2. The van der Waals surface area contributed by atoms with Gasteiger partial charge in [-0.2, -0.15) is 0 Å². The lowest BCUT2D eigenvalue weighted by atomic mass is 10.1. The smallest absolute Gasteiger partial charge is 0.408 e. The van der Waals surface area contributed by atoms with Gasteiger partial charge in [-0.3, -0.25) is 4.79 Å². The van der Waals surface area contributed by atoms with Crippen LogP contribution in [0.5, 0.6) is 0 Å². The lowest BCUT2D eigenvalue weighted by Gasteiger charge is -2.25. The molecule has 0 heterocycles. The van der Waals surface area contributed by atoms with E-state index >= 15 is 0 Å². The molecule has 0 aromatic heterocycles. The Morgan fingerprint density at radius 2 is 1.31 bits per heavy atom. The lowest BCUT2D eigenvalue weighted by molar-refractivity contribution is -0.159. The molecule has 1 aromatic rings. The van der Waals surface area contributed by atoms with Gasteiger partial charge in [0.15, 0.2) is 0 Å². The van der Waals surface area contributed by atoms with E-state index in [0.717, 1.165) is 5.56 Å². The molecule has 2 atom stereocenters. The Morgan fingerprint density at radius 1 is 0.800 bits per heavy atom. The summed E-state index contributed by atoms with van der Waals surface area (Å²) in [6.45, 7) is 12.3. The van der Waals surface area contributed by atoms with E-state index in [1.807, 2.05) is 25.1 Å². The van der Waals surface area contributed by atoms with Gasteiger partial charge in [0.25, 0.3) is 0 Å². The van der Waals surface area contributed by atoms with Gasteiger partial charge >= 0.3 is 18.0 Å². The highest BCUT2D eigenvalue weighted by Gasteiger charge is 2.29. The summed E-state index contributed by atoms with van der Waals surface area (Å²) in [5.74, 6) is -1.64.